The van der Waals surface area contributed by atoms with Crippen LogP contribution in [0.3, 0.4) is 0 Å². The molecule has 2 amide bonds. The quantitative estimate of drug-likeness (QED) is 0.704. The minimum Gasteiger partial charge on any atom is -0.395 e. The second kappa shape index (κ2) is 7.13. The summed E-state index contributed by atoms with van der Waals surface area (Å²) in [5, 5.41) is 7.47. The van der Waals surface area contributed by atoms with Gasteiger partial charge in [-0.25, -0.2) is 4.79 Å². The summed E-state index contributed by atoms with van der Waals surface area (Å²) in [4.78, 5) is 16.4. The van der Waals surface area contributed by atoms with E-state index in [1.807, 2.05) is 18.2 Å². The number of rotatable bonds is 3. The third-order valence-electron chi connectivity index (χ3n) is 5.13. The first-order chi connectivity index (χ1) is 14.5. The SMILES string of the molecule is O=C(Nc1noc2ccccc12)N1CCN(Cc2ccc3c(c2)OC(F)(F)O3)CC1. The molecule has 1 N–H and O–H groups in total. The van der Waals surface area contributed by atoms with Crippen LogP contribution < -0.4 is 14.8 Å². The summed E-state index contributed by atoms with van der Waals surface area (Å²) in [5.41, 5.74) is 1.45. The van der Waals surface area contributed by atoms with Crippen molar-refractivity contribution >= 4 is 22.8 Å². The Labute approximate surface area is 169 Å². The Morgan fingerprint density at radius 2 is 1.83 bits per heavy atom. The highest BCUT2D eigenvalue weighted by Crippen LogP contribution is 2.41. The number of aromatic nitrogens is 1. The molecule has 2 aliphatic rings. The van der Waals surface area contributed by atoms with Gasteiger partial charge in [-0.15, -0.1) is 8.78 Å². The fourth-order valence-electron chi connectivity index (χ4n) is 3.62. The topological polar surface area (TPSA) is 80.1 Å². The first kappa shape index (κ1) is 18.6. The van der Waals surface area contributed by atoms with E-state index in [1.54, 1.807) is 23.1 Å². The van der Waals surface area contributed by atoms with Crippen LogP contribution in [-0.4, -0.2) is 53.5 Å². The number of hydrogen-bond donors (Lipinski definition) is 1. The number of nitrogens with one attached hydrogen (secondary N) is 1. The highest BCUT2D eigenvalue weighted by atomic mass is 19.3. The number of benzene rings is 2. The van der Waals surface area contributed by atoms with Gasteiger partial charge in [0.15, 0.2) is 22.9 Å². The lowest BCUT2D eigenvalue weighted by Crippen LogP contribution is -2.49. The molecule has 3 aromatic rings. The van der Waals surface area contributed by atoms with Crippen LogP contribution in [0.25, 0.3) is 11.0 Å². The van der Waals surface area contributed by atoms with E-state index >= 15 is 0 Å². The van der Waals surface area contributed by atoms with Crippen molar-refractivity contribution in [3.05, 3.63) is 48.0 Å². The number of para-hydroxylation sites is 1. The lowest BCUT2D eigenvalue weighted by atomic mass is 10.1. The van der Waals surface area contributed by atoms with Gasteiger partial charge in [0.1, 0.15) is 0 Å². The summed E-state index contributed by atoms with van der Waals surface area (Å²) in [6.45, 7) is 2.93. The first-order valence-electron chi connectivity index (χ1n) is 9.48. The van der Waals surface area contributed by atoms with E-state index in [9.17, 15) is 13.6 Å². The van der Waals surface area contributed by atoms with E-state index in [2.05, 4.69) is 24.8 Å². The Kier molecular flexibility index (Phi) is 4.43. The minimum atomic E-state index is -3.62. The highest BCUT2D eigenvalue weighted by Gasteiger charge is 2.43. The van der Waals surface area contributed by atoms with Crippen molar-refractivity contribution in [2.45, 2.75) is 12.8 Å². The third kappa shape index (κ3) is 3.61. The number of carbonyl (C=O) groups is 1. The standard InChI is InChI=1S/C20H18F2N4O4/c21-20(22)28-16-6-5-13(11-17(16)29-20)12-25-7-9-26(10-8-25)19(27)23-18-14-3-1-2-4-15(14)30-24-18/h1-6,11H,7-10,12H2,(H,23,24,27). The third-order valence-corrected chi connectivity index (χ3v) is 5.13. The summed E-state index contributed by atoms with van der Waals surface area (Å²) in [6.07, 6.45) is -3.62. The molecule has 10 heteroatoms. The second-order valence-electron chi connectivity index (χ2n) is 7.17. The van der Waals surface area contributed by atoms with Crippen LogP contribution in [0.15, 0.2) is 47.0 Å². The van der Waals surface area contributed by atoms with Crippen LogP contribution in [0.5, 0.6) is 11.5 Å². The van der Waals surface area contributed by atoms with Crippen molar-refractivity contribution in [1.29, 1.82) is 0 Å². The van der Waals surface area contributed by atoms with Crippen LogP contribution in [0.2, 0.25) is 0 Å². The van der Waals surface area contributed by atoms with Gasteiger partial charge in [0.25, 0.3) is 0 Å². The van der Waals surface area contributed by atoms with E-state index in [0.717, 1.165) is 10.9 Å². The Balaban J connectivity index is 1.16. The predicted octanol–water partition coefficient (Wildman–Crippen LogP) is 3.50. The van der Waals surface area contributed by atoms with Crippen LogP contribution in [-0.2, 0) is 6.54 Å². The van der Waals surface area contributed by atoms with Gasteiger partial charge in [-0.3, -0.25) is 10.2 Å². The second-order valence-corrected chi connectivity index (χ2v) is 7.17. The molecule has 1 fully saturated rings. The predicted molar refractivity (Wildman–Crippen MR) is 103 cm³/mol. The Hall–Kier alpha value is -3.40. The van der Waals surface area contributed by atoms with Crippen molar-refractivity contribution in [1.82, 2.24) is 15.0 Å². The number of ether oxygens (including phenoxy) is 2. The van der Waals surface area contributed by atoms with Crippen molar-refractivity contribution in [3.8, 4) is 11.5 Å². The number of halogens is 2. The molecule has 3 heterocycles. The number of anilines is 1. The average molecular weight is 416 g/mol. The molecule has 0 atom stereocenters. The number of piperazine rings is 1. The summed E-state index contributed by atoms with van der Waals surface area (Å²) >= 11 is 0. The summed E-state index contributed by atoms with van der Waals surface area (Å²) in [6, 6.07) is 11.9. The molecule has 0 unspecified atom stereocenters. The Morgan fingerprint density at radius 3 is 2.67 bits per heavy atom. The molecule has 0 aliphatic carbocycles. The maximum Gasteiger partial charge on any atom is 0.586 e. The Bertz CT molecular complexity index is 1100. The molecule has 1 saturated heterocycles. The van der Waals surface area contributed by atoms with Gasteiger partial charge in [-0.05, 0) is 29.8 Å². The zero-order valence-electron chi connectivity index (χ0n) is 15.8. The van der Waals surface area contributed by atoms with Gasteiger partial charge in [0.2, 0.25) is 0 Å². The molecule has 30 heavy (non-hydrogen) atoms. The number of urea groups is 1. The number of hydrogen-bond acceptors (Lipinski definition) is 6. The number of fused-ring (bicyclic) bond motifs is 2. The number of carbonyl (C=O) groups excluding carboxylic acids is 1. The van der Waals surface area contributed by atoms with E-state index in [-0.39, 0.29) is 17.5 Å². The monoisotopic (exact) mass is 416 g/mol. The van der Waals surface area contributed by atoms with Crippen LogP contribution in [0.4, 0.5) is 19.4 Å². The molecule has 0 spiro atoms. The van der Waals surface area contributed by atoms with Crippen molar-refractivity contribution < 1.29 is 27.6 Å². The lowest BCUT2D eigenvalue weighted by molar-refractivity contribution is -0.286. The van der Waals surface area contributed by atoms with E-state index in [1.165, 1.54) is 6.07 Å². The van der Waals surface area contributed by atoms with Crippen molar-refractivity contribution in [2.75, 3.05) is 31.5 Å². The molecule has 0 radical (unpaired) electrons. The normalized spacial score (nSPS) is 18.0. The largest absolute Gasteiger partial charge is 0.586 e. The molecule has 5 rings (SSSR count). The molecular weight excluding hydrogens is 398 g/mol. The zero-order chi connectivity index (χ0) is 20.7. The van der Waals surface area contributed by atoms with Gasteiger partial charge in [-0.1, -0.05) is 23.4 Å². The van der Waals surface area contributed by atoms with Gasteiger partial charge in [0, 0.05) is 32.7 Å². The molecular formula is C20H18F2N4O4. The van der Waals surface area contributed by atoms with Crippen LogP contribution >= 0.6 is 0 Å². The Morgan fingerprint density at radius 1 is 1.07 bits per heavy atom. The molecule has 1 aromatic heterocycles. The maximum absolute atomic E-state index is 13.2. The van der Waals surface area contributed by atoms with E-state index in [4.69, 9.17) is 4.52 Å². The molecule has 156 valence electrons. The van der Waals surface area contributed by atoms with Gasteiger partial charge < -0.3 is 18.9 Å². The van der Waals surface area contributed by atoms with E-state index in [0.29, 0.717) is 44.1 Å². The minimum absolute atomic E-state index is 0.0330. The summed E-state index contributed by atoms with van der Waals surface area (Å²) in [7, 11) is 0. The molecule has 0 bridgehead atoms. The fourth-order valence-corrected chi connectivity index (χ4v) is 3.62. The van der Waals surface area contributed by atoms with E-state index < -0.39 is 6.29 Å². The van der Waals surface area contributed by atoms with Crippen molar-refractivity contribution in [2.24, 2.45) is 0 Å². The maximum atomic E-state index is 13.2. The van der Waals surface area contributed by atoms with Crippen molar-refractivity contribution in [3.63, 3.8) is 0 Å². The zero-order valence-corrected chi connectivity index (χ0v) is 15.8. The summed E-state index contributed by atoms with van der Waals surface area (Å²) < 4.78 is 40.4. The molecule has 2 aliphatic heterocycles. The lowest BCUT2D eigenvalue weighted by Gasteiger charge is -2.34. The van der Waals surface area contributed by atoms with Gasteiger partial charge in [0.05, 0.1) is 5.39 Å². The molecule has 0 saturated carbocycles. The summed E-state index contributed by atoms with van der Waals surface area (Å²) in [5.74, 6) is 0.469. The smallest absolute Gasteiger partial charge is 0.395 e. The van der Waals surface area contributed by atoms with Crippen LogP contribution in [0.1, 0.15) is 5.56 Å². The average Bonchev–Trinajstić information content (AvgIpc) is 3.27. The molecule has 8 nitrogen and oxygen atoms in total. The highest BCUT2D eigenvalue weighted by molar-refractivity contribution is 5.98. The fraction of sp³-hybridized carbons (Fsp3) is 0.300. The first-order valence-corrected chi connectivity index (χ1v) is 9.48. The number of amides is 2. The van der Waals surface area contributed by atoms with Gasteiger partial charge in [-0.2, -0.15) is 0 Å². The van der Waals surface area contributed by atoms with Crippen LogP contribution in [0, 0.1) is 0 Å². The number of alkyl halides is 2. The van der Waals surface area contributed by atoms with Gasteiger partial charge >= 0.3 is 12.3 Å². The molecule has 2 aromatic carbocycles. The number of nitrogens with zero attached hydrogens (tertiary/aromatic N) is 3.